The van der Waals surface area contributed by atoms with Crippen LogP contribution in [-0.4, -0.2) is 15.5 Å². The first-order chi connectivity index (χ1) is 8.77. The Labute approximate surface area is 118 Å². The summed E-state index contributed by atoms with van der Waals surface area (Å²) in [4.78, 5) is 17.0. The Morgan fingerprint density at radius 3 is 1.67 bits per heavy atom. The van der Waals surface area contributed by atoms with Gasteiger partial charge < -0.3 is 9.79 Å². The molecule has 0 aliphatic carbocycles. The summed E-state index contributed by atoms with van der Waals surface area (Å²) in [6, 6.07) is 0. The Kier molecular flexibility index (Phi) is 16.3. The minimum absolute atomic E-state index is 0.858. The maximum absolute atomic E-state index is 8.51. The molecule has 0 rings (SSSR count). The minimum Gasteiger partial charge on any atom is -0.328 e. The molecular formula is C13H29O3PS. The van der Waals surface area contributed by atoms with Gasteiger partial charge in [0.15, 0.2) is 0 Å². The molecule has 0 bridgehead atoms. The van der Waals surface area contributed by atoms with Gasteiger partial charge >= 0.3 is 8.60 Å². The second kappa shape index (κ2) is 15.7. The van der Waals surface area contributed by atoms with E-state index in [1.165, 1.54) is 76.3 Å². The zero-order chi connectivity index (χ0) is 13.5. The summed E-state index contributed by atoms with van der Waals surface area (Å²) in [6.07, 6.45) is 14.7. The van der Waals surface area contributed by atoms with Gasteiger partial charge in [0.2, 0.25) is 0 Å². The van der Waals surface area contributed by atoms with Crippen molar-refractivity contribution in [2.75, 3.05) is 5.75 Å². The molecule has 0 saturated carbocycles. The van der Waals surface area contributed by atoms with E-state index in [0.29, 0.717) is 0 Å². The summed E-state index contributed by atoms with van der Waals surface area (Å²) < 4.78 is 4.63. The fraction of sp³-hybridized carbons (Fsp3) is 1.00. The van der Waals surface area contributed by atoms with Crippen LogP contribution in [0.1, 0.15) is 77.6 Å². The van der Waals surface area contributed by atoms with E-state index in [1.807, 2.05) is 0 Å². The third-order valence-corrected chi connectivity index (χ3v) is 4.36. The van der Waals surface area contributed by atoms with E-state index >= 15 is 0 Å². The van der Waals surface area contributed by atoms with E-state index in [4.69, 9.17) is 9.79 Å². The van der Waals surface area contributed by atoms with Crippen molar-refractivity contribution in [2.24, 2.45) is 0 Å². The van der Waals surface area contributed by atoms with Crippen molar-refractivity contribution in [3.8, 4) is 0 Å². The molecule has 2 N–H and O–H groups in total. The molecule has 0 heterocycles. The van der Waals surface area contributed by atoms with Gasteiger partial charge in [0.25, 0.3) is 0 Å². The molecule has 0 unspecified atom stereocenters. The lowest BCUT2D eigenvalue weighted by Crippen LogP contribution is -1.84. The molecule has 0 aromatic carbocycles. The van der Waals surface area contributed by atoms with E-state index < -0.39 is 8.60 Å². The Bertz CT molecular complexity index is 159. The van der Waals surface area contributed by atoms with Crippen LogP contribution in [0.25, 0.3) is 0 Å². The van der Waals surface area contributed by atoms with Crippen LogP contribution in [0.3, 0.4) is 0 Å². The molecule has 0 saturated heterocycles. The van der Waals surface area contributed by atoms with Crippen molar-refractivity contribution in [3.63, 3.8) is 0 Å². The highest BCUT2D eigenvalue weighted by molar-refractivity contribution is 7.97. The smallest absolute Gasteiger partial charge is 0.328 e. The van der Waals surface area contributed by atoms with Crippen LogP contribution in [0.15, 0.2) is 0 Å². The van der Waals surface area contributed by atoms with Crippen LogP contribution in [-0.2, 0) is 3.97 Å². The summed E-state index contributed by atoms with van der Waals surface area (Å²) in [5.41, 5.74) is 0. The average molecular weight is 296 g/mol. The Morgan fingerprint density at radius 2 is 1.22 bits per heavy atom. The fourth-order valence-corrected chi connectivity index (χ4v) is 2.91. The first kappa shape index (κ1) is 18.7. The van der Waals surface area contributed by atoms with Crippen LogP contribution in [0.5, 0.6) is 0 Å². The standard InChI is InChI=1S/C13H29O3PS/c1-2-3-4-5-6-7-8-9-10-11-12-13-18-16-17(14)15/h14-15H,2-13H2,1H3. The number of hydrogen-bond donors (Lipinski definition) is 2. The summed E-state index contributed by atoms with van der Waals surface area (Å²) >= 11 is 1.17. The maximum atomic E-state index is 8.51. The van der Waals surface area contributed by atoms with Crippen molar-refractivity contribution in [1.29, 1.82) is 0 Å². The van der Waals surface area contributed by atoms with Crippen molar-refractivity contribution in [2.45, 2.75) is 77.6 Å². The minimum atomic E-state index is -2.18. The van der Waals surface area contributed by atoms with Crippen LogP contribution < -0.4 is 0 Å². The van der Waals surface area contributed by atoms with Crippen molar-refractivity contribution < 1.29 is 13.8 Å². The molecule has 110 valence electrons. The van der Waals surface area contributed by atoms with Gasteiger partial charge in [-0.3, -0.25) is 0 Å². The largest absolute Gasteiger partial charge is 0.339 e. The van der Waals surface area contributed by atoms with Crippen LogP contribution in [0.4, 0.5) is 0 Å². The molecule has 0 radical (unpaired) electrons. The summed E-state index contributed by atoms with van der Waals surface area (Å²) in [5, 5.41) is 0. The first-order valence-corrected chi connectivity index (χ1v) is 9.32. The molecule has 18 heavy (non-hydrogen) atoms. The number of hydrogen-bond acceptors (Lipinski definition) is 4. The highest BCUT2D eigenvalue weighted by Gasteiger charge is 1.99. The van der Waals surface area contributed by atoms with Gasteiger partial charge in [-0.15, -0.1) is 0 Å². The maximum Gasteiger partial charge on any atom is 0.339 e. The molecule has 3 nitrogen and oxygen atoms in total. The lowest BCUT2D eigenvalue weighted by Gasteiger charge is -2.03. The van der Waals surface area contributed by atoms with Gasteiger partial charge in [0.1, 0.15) is 0 Å². The molecular weight excluding hydrogens is 267 g/mol. The van der Waals surface area contributed by atoms with Crippen LogP contribution in [0, 0.1) is 0 Å². The normalized spacial score (nSPS) is 11.3. The molecule has 0 aromatic heterocycles. The lowest BCUT2D eigenvalue weighted by molar-refractivity contribution is 0.397. The van der Waals surface area contributed by atoms with E-state index in [2.05, 4.69) is 10.9 Å². The monoisotopic (exact) mass is 296 g/mol. The average Bonchev–Trinajstić information content (AvgIpc) is 2.34. The molecule has 0 amide bonds. The first-order valence-electron chi connectivity index (χ1n) is 7.25. The molecule has 0 atom stereocenters. The second-order valence-corrected chi connectivity index (χ2v) is 6.43. The van der Waals surface area contributed by atoms with Crippen molar-refractivity contribution in [1.82, 2.24) is 0 Å². The Balaban J connectivity index is 2.90. The van der Waals surface area contributed by atoms with Gasteiger partial charge in [-0.1, -0.05) is 71.1 Å². The quantitative estimate of drug-likeness (QED) is 0.264. The van der Waals surface area contributed by atoms with Gasteiger partial charge in [0.05, 0.1) is 0 Å². The second-order valence-electron chi connectivity index (χ2n) is 4.68. The Morgan fingerprint density at radius 1 is 0.778 bits per heavy atom. The topological polar surface area (TPSA) is 49.7 Å². The molecule has 5 heteroatoms. The van der Waals surface area contributed by atoms with E-state index in [0.717, 1.165) is 12.2 Å². The fourth-order valence-electron chi connectivity index (χ4n) is 1.91. The van der Waals surface area contributed by atoms with Gasteiger partial charge in [0, 0.05) is 17.8 Å². The van der Waals surface area contributed by atoms with Gasteiger partial charge in [-0.05, 0) is 6.42 Å². The number of rotatable bonds is 14. The zero-order valence-electron chi connectivity index (χ0n) is 11.6. The van der Waals surface area contributed by atoms with E-state index in [-0.39, 0.29) is 0 Å². The van der Waals surface area contributed by atoms with Crippen molar-refractivity contribution in [3.05, 3.63) is 0 Å². The van der Waals surface area contributed by atoms with Crippen LogP contribution in [0.2, 0.25) is 0 Å². The third-order valence-electron chi connectivity index (χ3n) is 2.95. The SMILES string of the molecule is CCCCCCCCCCCCCSOP(O)O. The third kappa shape index (κ3) is 16.7. The van der Waals surface area contributed by atoms with Gasteiger partial charge in [-0.25, -0.2) is 3.97 Å². The molecule has 0 aliphatic rings. The van der Waals surface area contributed by atoms with Crippen molar-refractivity contribution >= 4 is 20.6 Å². The van der Waals surface area contributed by atoms with E-state index in [9.17, 15) is 0 Å². The highest BCUT2D eigenvalue weighted by Crippen LogP contribution is 2.31. The summed E-state index contributed by atoms with van der Waals surface area (Å²) in [6.45, 7) is 2.26. The predicted octanol–water partition coefficient (Wildman–Crippen LogP) is 5.17. The highest BCUT2D eigenvalue weighted by atomic mass is 32.2. The lowest BCUT2D eigenvalue weighted by atomic mass is 10.1. The number of unbranched alkanes of at least 4 members (excludes halogenated alkanes) is 10. The summed E-state index contributed by atoms with van der Waals surface area (Å²) in [7, 11) is -2.18. The molecule has 0 fully saturated rings. The van der Waals surface area contributed by atoms with E-state index in [1.54, 1.807) is 0 Å². The van der Waals surface area contributed by atoms with Crippen LogP contribution >= 0.6 is 20.6 Å². The Hall–Kier alpha value is 0.660. The molecule has 0 spiro atoms. The molecule has 0 aliphatic heterocycles. The molecule has 0 aromatic rings. The zero-order valence-corrected chi connectivity index (χ0v) is 13.4. The van der Waals surface area contributed by atoms with Gasteiger partial charge in [-0.2, -0.15) is 0 Å². The predicted molar refractivity (Wildman–Crippen MR) is 81.4 cm³/mol. The summed E-state index contributed by atoms with van der Waals surface area (Å²) in [5.74, 6) is 0.858.